The molecule has 1 unspecified atom stereocenters. The van der Waals surface area contributed by atoms with Crippen molar-refractivity contribution in [3.8, 4) is 0 Å². The lowest BCUT2D eigenvalue weighted by molar-refractivity contribution is -0.129. The molecule has 0 aliphatic rings. The molecule has 5 heteroatoms. The van der Waals surface area contributed by atoms with E-state index in [2.05, 4.69) is 35.6 Å². The molecule has 0 saturated carbocycles. The number of amides is 2. The van der Waals surface area contributed by atoms with Crippen LogP contribution in [-0.2, 0) is 16.1 Å². The molecular weight excluding hydrogens is 380 g/mol. The Bertz CT molecular complexity index is 1000. The van der Waals surface area contributed by atoms with Crippen LogP contribution in [0.3, 0.4) is 0 Å². The molecule has 0 heterocycles. The first kappa shape index (κ1) is 20.9. The third-order valence-electron chi connectivity index (χ3n) is 4.76. The molecule has 3 rings (SSSR count). The zero-order valence-electron chi connectivity index (χ0n) is 17.0. The minimum atomic E-state index is -0.288. The highest BCUT2D eigenvalue weighted by molar-refractivity contribution is 8.01. The van der Waals surface area contributed by atoms with Gasteiger partial charge in [-0.25, -0.2) is 0 Å². The molecule has 3 aromatic rings. The molecule has 29 heavy (non-hydrogen) atoms. The van der Waals surface area contributed by atoms with E-state index in [-0.39, 0.29) is 22.8 Å². The van der Waals surface area contributed by atoms with E-state index >= 15 is 0 Å². The van der Waals surface area contributed by atoms with E-state index in [9.17, 15) is 9.59 Å². The van der Waals surface area contributed by atoms with Gasteiger partial charge in [0, 0.05) is 19.3 Å². The molecule has 0 radical (unpaired) electrons. The molecule has 0 aromatic heterocycles. The summed E-state index contributed by atoms with van der Waals surface area (Å²) in [6.45, 7) is 4.40. The monoisotopic (exact) mass is 406 g/mol. The fourth-order valence-electron chi connectivity index (χ4n) is 3.11. The smallest absolute Gasteiger partial charge is 0.235 e. The lowest BCUT2D eigenvalue weighted by Crippen LogP contribution is -2.33. The molecule has 0 fully saturated rings. The summed E-state index contributed by atoms with van der Waals surface area (Å²) in [6.07, 6.45) is 0. The molecule has 1 atom stereocenters. The van der Waals surface area contributed by atoms with Crippen molar-refractivity contribution in [2.45, 2.75) is 25.6 Å². The topological polar surface area (TPSA) is 49.4 Å². The second kappa shape index (κ2) is 9.61. The second-order valence-electron chi connectivity index (χ2n) is 7.24. The van der Waals surface area contributed by atoms with Crippen LogP contribution in [0.25, 0.3) is 10.8 Å². The van der Waals surface area contributed by atoms with Crippen LogP contribution in [0.5, 0.6) is 0 Å². The van der Waals surface area contributed by atoms with Gasteiger partial charge in [-0.1, -0.05) is 54.1 Å². The summed E-state index contributed by atoms with van der Waals surface area (Å²) in [5, 5.41) is 4.93. The van der Waals surface area contributed by atoms with Gasteiger partial charge >= 0.3 is 0 Å². The number of thioether (sulfide) groups is 1. The highest BCUT2D eigenvalue weighted by Gasteiger charge is 2.19. The van der Waals surface area contributed by atoms with Crippen LogP contribution in [0.1, 0.15) is 18.1 Å². The lowest BCUT2D eigenvalue weighted by Gasteiger charge is -2.21. The molecular formula is C24H26N2O2S. The zero-order chi connectivity index (χ0) is 20.8. The van der Waals surface area contributed by atoms with Gasteiger partial charge in [0.1, 0.15) is 0 Å². The van der Waals surface area contributed by atoms with Crippen molar-refractivity contribution >= 4 is 40.0 Å². The summed E-state index contributed by atoms with van der Waals surface area (Å²) in [7, 11) is 1.81. The third kappa shape index (κ3) is 5.84. The third-order valence-corrected chi connectivity index (χ3v) is 5.89. The molecule has 0 saturated heterocycles. The van der Waals surface area contributed by atoms with Gasteiger partial charge < -0.3 is 10.2 Å². The number of nitrogens with one attached hydrogen (secondary N) is 1. The van der Waals surface area contributed by atoms with E-state index in [1.54, 1.807) is 11.9 Å². The first-order valence-electron chi connectivity index (χ1n) is 9.63. The summed E-state index contributed by atoms with van der Waals surface area (Å²) in [6, 6.07) is 22.1. The lowest BCUT2D eigenvalue weighted by atomic mass is 10.1. The quantitative estimate of drug-likeness (QED) is 0.609. The van der Waals surface area contributed by atoms with Gasteiger partial charge in [0.25, 0.3) is 0 Å². The number of hydrogen-bond donors (Lipinski definition) is 1. The van der Waals surface area contributed by atoms with Crippen LogP contribution >= 0.6 is 11.8 Å². The highest BCUT2D eigenvalue weighted by atomic mass is 32.2. The Morgan fingerprint density at radius 2 is 1.69 bits per heavy atom. The first-order valence-corrected chi connectivity index (χ1v) is 10.7. The molecule has 0 aliphatic heterocycles. The van der Waals surface area contributed by atoms with Crippen LogP contribution in [0.15, 0.2) is 66.7 Å². The number of nitrogens with zero attached hydrogens (tertiary/aromatic N) is 1. The molecule has 4 nitrogen and oxygen atoms in total. The minimum Gasteiger partial charge on any atom is -0.340 e. The predicted molar refractivity (Wildman–Crippen MR) is 122 cm³/mol. The van der Waals surface area contributed by atoms with Gasteiger partial charge in [-0.15, -0.1) is 11.8 Å². The number of fused-ring (bicyclic) bond motifs is 1. The zero-order valence-corrected chi connectivity index (χ0v) is 17.8. The maximum Gasteiger partial charge on any atom is 0.235 e. The predicted octanol–water partition coefficient (Wildman–Crippen LogP) is 4.87. The van der Waals surface area contributed by atoms with Crippen LogP contribution < -0.4 is 5.32 Å². The molecule has 0 aliphatic carbocycles. The maximum absolute atomic E-state index is 12.7. The Kier molecular flexibility index (Phi) is 6.94. The van der Waals surface area contributed by atoms with Crippen molar-refractivity contribution in [1.82, 2.24) is 4.90 Å². The highest BCUT2D eigenvalue weighted by Crippen LogP contribution is 2.19. The average molecular weight is 407 g/mol. The number of hydrogen-bond acceptors (Lipinski definition) is 3. The van der Waals surface area contributed by atoms with Crippen LogP contribution in [0.2, 0.25) is 0 Å². The Balaban J connectivity index is 1.50. The van der Waals surface area contributed by atoms with E-state index in [0.717, 1.165) is 16.8 Å². The van der Waals surface area contributed by atoms with Gasteiger partial charge in [-0.05, 0) is 48.4 Å². The van der Waals surface area contributed by atoms with Crippen molar-refractivity contribution in [3.63, 3.8) is 0 Å². The van der Waals surface area contributed by atoms with Crippen LogP contribution in [0.4, 0.5) is 5.69 Å². The maximum atomic E-state index is 12.7. The number of anilines is 1. The first-order chi connectivity index (χ1) is 13.9. The molecule has 1 N–H and O–H groups in total. The van der Waals surface area contributed by atoms with Gasteiger partial charge in [0.05, 0.1) is 11.0 Å². The fraction of sp³-hybridized carbons (Fsp3) is 0.250. The Morgan fingerprint density at radius 1 is 1.00 bits per heavy atom. The Labute approximate surface area is 176 Å². The summed E-state index contributed by atoms with van der Waals surface area (Å²) >= 11 is 1.35. The van der Waals surface area contributed by atoms with Crippen LogP contribution in [0, 0.1) is 6.92 Å². The number of carbonyl (C=O) groups is 2. The standard InChI is InChI=1S/C24H26N2O2S/c1-17-8-12-22(13-9-17)25-23(27)16-29-18(2)24(28)26(3)15-19-10-11-20-6-4-5-7-21(20)14-19/h4-14,18H,15-16H2,1-3H3,(H,25,27). The minimum absolute atomic E-state index is 0.0197. The van der Waals surface area contributed by atoms with Gasteiger partial charge in [0.15, 0.2) is 0 Å². The summed E-state index contributed by atoms with van der Waals surface area (Å²) < 4.78 is 0. The fourth-order valence-corrected chi connectivity index (χ4v) is 3.90. The number of carbonyl (C=O) groups excluding carboxylic acids is 2. The van der Waals surface area contributed by atoms with E-state index in [4.69, 9.17) is 0 Å². The SMILES string of the molecule is Cc1ccc(NC(=O)CSC(C)C(=O)N(C)Cc2ccc3ccccc3c2)cc1. The largest absolute Gasteiger partial charge is 0.340 e. The van der Waals surface area contributed by atoms with Crippen molar-refractivity contribution in [1.29, 1.82) is 0 Å². The number of aryl methyl sites for hydroxylation is 1. The van der Waals surface area contributed by atoms with Gasteiger partial charge in [-0.3, -0.25) is 9.59 Å². The molecule has 0 spiro atoms. The number of benzene rings is 3. The summed E-state index contributed by atoms with van der Waals surface area (Å²) in [4.78, 5) is 26.6. The van der Waals surface area contributed by atoms with Crippen LogP contribution in [-0.4, -0.2) is 34.8 Å². The van der Waals surface area contributed by atoms with Gasteiger partial charge in [-0.2, -0.15) is 0 Å². The summed E-state index contributed by atoms with van der Waals surface area (Å²) in [5.41, 5.74) is 3.01. The molecule has 150 valence electrons. The summed E-state index contributed by atoms with van der Waals surface area (Å²) in [5.74, 6) is 0.159. The Hall–Kier alpha value is -2.79. The number of rotatable bonds is 7. The van der Waals surface area contributed by atoms with E-state index in [0.29, 0.717) is 6.54 Å². The van der Waals surface area contributed by atoms with Crippen molar-refractivity contribution in [2.24, 2.45) is 0 Å². The van der Waals surface area contributed by atoms with E-state index in [1.807, 2.05) is 50.2 Å². The Morgan fingerprint density at radius 3 is 2.41 bits per heavy atom. The molecule has 2 amide bonds. The van der Waals surface area contributed by atoms with Crippen molar-refractivity contribution in [3.05, 3.63) is 77.9 Å². The second-order valence-corrected chi connectivity index (χ2v) is 8.57. The molecule has 0 bridgehead atoms. The van der Waals surface area contributed by atoms with Crippen molar-refractivity contribution in [2.75, 3.05) is 18.1 Å². The average Bonchev–Trinajstić information content (AvgIpc) is 2.73. The van der Waals surface area contributed by atoms with E-state index < -0.39 is 0 Å². The van der Waals surface area contributed by atoms with Gasteiger partial charge in [0.2, 0.25) is 11.8 Å². The molecule has 3 aromatic carbocycles. The van der Waals surface area contributed by atoms with Crippen molar-refractivity contribution < 1.29 is 9.59 Å². The normalized spacial score (nSPS) is 11.8. The van der Waals surface area contributed by atoms with E-state index in [1.165, 1.54) is 22.5 Å².